The highest BCUT2D eigenvalue weighted by Gasteiger charge is 2.02. The van der Waals surface area contributed by atoms with Crippen molar-refractivity contribution < 1.29 is 4.42 Å². The van der Waals surface area contributed by atoms with Gasteiger partial charge in [0.15, 0.2) is 0 Å². The van der Waals surface area contributed by atoms with Gasteiger partial charge in [-0.15, -0.1) is 0 Å². The third-order valence-electron chi connectivity index (χ3n) is 1.52. The van der Waals surface area contributed by atoms with Crippen LogP contribution in [0.5, 0.6) is 0 Å². The zero-order valence-electron chi connectivity index (χ0n) is 7.07. The first-order valence-corrected chi connectivity index (χ1v) is 4.93. The summed E-state index contributed by atoms with van der Waals surface area (Å²) >= 11 is 2.22. The minimum absolute atomic E-state index is 0.0538. The van der Waals surface area contributed by atoms with Crippen molar-refractivity contribution in [2.45, 2.75) is 0 Å². The molecule has 0 amide bonds. The van der Waals surface area contributed by atoms with E-state index in [0.717, 1.165) is 9.26 Å². The standard InChI is InChI=1S/C8H7IN4O/c9-5-2-1-3-6(4-5)11-8-13-12-7(10)14-8/h1-4H,(H2,10,12)(H,11,13). The van der Waals surface area contributed by atoms with Crippen LogP contribution >= 0.6 is 22.6 Å². The van der Waals surface area contributed by atoms with E-state index in [2.05, 4.69) is 38.1 Å². The van der Waals surface area contributed by atoms with Gasteiger partial charge in [-0.25, -0.2) is 0 Å². The Labute approximate surface area is 93.8 Å². The summed E-state index contributed by atoms with van der Waals surface area (Å²) in [5.41, 5.74) is 6.17. The lowest BCUT2D eigenvalue weighted by Crippen LogP contribution is -1.90. The number of nitrogens with zero attached hydrogens (tertiary/aromatic N) is 2. The third kappa shape index (κ3) is 2.13. The smallest absolute Gasteiger partial charge is 0.321 e. The van der Waals surface area contributed by atoms with Crippen molar-refractivity contribution in [2.75, 3.05) is 11.1 Å². The molecule has 3 N–H and O–H groups in total. The number of rotatable bonds is 2. The van der Waals surface area contributed by atoms with E-state index in [1.807, 2.05) is 24.3 Å². The number of halogens is 1. The molecule has 0 fully saturated rings. The molecule has 2 rings (SSSR count). The third-order valence-corrected chi connectivity index (χ3v) is 2.19. The molecule has 5 nitrogen and oxygen atoms in total. The Balaban J connectivity index is 2.18. The van der Waals surface area contributed by atoms with Gasteiger partial charge >= 0.3 is 12.0 Å². The summed E-state index contributed by atoms with van der Waals surface area (Å²) in [6.45, 7) is 0. The summed E-state index contributed by atoms with van der Waals surface area (Å²) in [6, 6.07) is 8.14. The number of nitrogens with two attached hydrogens (primary N) is 1. The predicted octanol–water partition coefficient (Wildman–Crippen LogP) is 2.00. The van der Waals surface area contributed by atoms with Crippen LogP contribution in [0.15, 0.2) is 28.7 Å². The molecule has 0 aliphatic rings. The maximum absolute atomic E-state index is 5.28. The van der Waals surface area contributed by atoms with Crippen molar-refractivity contribution in [1.82, 2.24) is 10.2 Å². The Hall–Kier alpha value is -1.31. The molecule has 1 heterocycles. The Morgan fingerprint density at radius 2 is 2.21 bits per heavy atom. The molecular weight excluding hydrogens is 295 g/mol. The lowest BCUT2D eigenvalue weighted by Gasteiger charge is -2.00. The SMILES string of the molecule is Nc1nnc(Nc2cccc(I)c2)o1. The van der Waals surface area contributed by atoms with Crippen molar-refractivity contribution in [1.29, 1.82) is 0 Å². The van der Waals surface area contributed by atoms with Crippen LogP contribution in [-0.4, -0.2) is 10.2 Å². The van der Waals surface area contributed by atoms with Crippen LogP contribution in [0.25, 0.3) is 0 Å². The number of nitrogen functional groups attached to an aromatic ring is 1. The summed E-state index contributed by atoms with van der Waals surface area (Å²) in [5.74, 6) is 0. The number of anilines is 3. The van der Waals surface area contributed by atoms with Crippen LogP contribution in [-0.2, 0) is 0 Å². The topological polar surface area (TPSA) is 77.0 Å². The Kier molecular flexibility index (Phi) is 2.53. The summed E-state index contributed by atoms with van der Waals surface area (Å²) in [7, 11) is 0. The molecule has 0 saturated heterocycles. The van der Waals surface area contributed by atoms with Crippen molar-refractivity contribution in [2.24, 2.45) is 0 Å². The molecule has 0 unspecified atom stereocenters. The van der Waals surface area contributed by atoms with Crippen molar-refractivity contribution in [3.05, 3.63) is 27.8 Å². The van der Waals surface area contributed by atoms with E-state index < -0.39 is 0 Å². The minimum Gasteiger partial charge on any atom is -0.389 e. The molecule has 2 aromatic rings. The fourth-order valence-electron chi connectivity index (χ4n) is 0.975. The second-order valence-corrected chi connectivity index (χ2v) is 3.83. The second kappa shape index (κ2) is 3.82. The monoisotopic (exact) mass is 302 g/mol. The summed E-state index contributed by atoms with van der Waals surface area (Å²) in [6.07, 6.45) is 0. The Morgan fingerprint density at radius 3 is 2.86 bits per heavy atom. The second-order valence-electron chi connectivity index (χ2n) is 2.58. The number of hydrogen-bond donors (Lipinski definition) is 2. The first-order valence-electron chi connectivity index (χ1n) is 3.85. The highest BCUT2D eigenvalue weighted by molar-refractivity contribution is 14.1. The summed E-state index contributed by atoms with van der Waals surface area (Å²) < 4.78 is 6.09. The van der Waals surface area contributed by atoms with Crippen LogP contribution in [0.3, 0.4) is 0 Å². The van der Waals surface area contributed by atoms with E-state index >= 15 is 0 Å². The van der Waals surface area contributed by atoms with Crippen molar-refractivity contribution >= 4 is 40.3 Å². The zero-order valence-corrected chi connectivity index (χ0v) is 9.22. The molecule has 1 aromatic carbocycles. The predicted molar refractivity (Wildman–Crippen MR) is 61.2 cm³/mol. The number of hydrogen-bond acceptors (Lipinski definition) is 5. The quantitative estimate of drug-likeness (QED) is 0.830. The van der Waals surface area contributed by atoms with Gasteiger partial charge in [-0.1, -0.05) is 16.3 Å². The molecule has 0 saturated carbocycles. The lowest BCUT2D eigenvalue weighted by atomic mass is 10.3. The lowest BCUT2D eigenvalue weighted by molar-refractivity contribution is 0.593. The van der Waals surface area contributed by atoms with Crippen molar-refractivity contribution in [3.8, 4) is 0 Å². The summed E-state index contributed by atoms with van der Waals surface area (Å²) in [4.78, 5) is 0. The Morgan fingerprint density at radius 1 is 1.36 bits per heavy atom. The van der Waals surface area contributed by atoms with Crippen LogP contribution < -0.4 is 11.1 Å². The maximum atomic E-state index is 5.28. The number of aromatic nitrogens is 2. The highest BCUT2D eigenvalue weighted by Crippen LogP contribution is 2.17. The normalized spacial score (nSPS) is 10.1. The van der Waals surface area contributed by atoms with Gasteiger partial charge in [-0.05, 0) is 40.8 Å². The molecule has 0 atom stereocenters. The molecule has 6 heteroatoms. The molecule has 72 valence electrons. The van der Waals surface area contributed by atoms with Gasteiger partial charge in [-0.2, -0.15) is 0 Å². The van der Waals surface area contributed by atoms with E-state index in [1.165, 1.54) is 0 Å². The van der Waals surface area contributed by atoms with E-state index in [-0.39, 0.29) is 6.01 Å². The van der Waals surface area contributed by atoms with Gasteiger partial charge in [0, 0.05) is 9.26 Å². The van der Waals surface area contributed by atoms with Gasteiger partial charge in [0.1, 0.15) is 0 Å². The average Bonchev–Trinajstić information content (AvgIpc) is 2.51. The Bertz CT molecular complexity index is 442. The molecule has 0 radical (unpaired) electrons. The average molecular weight is 302 g/mol. The van der Waals surface area contributed by atoms with Crippen molar-refractivity contribution in [3.63, 3.8) is 0 Å². The van der Waals surface area contributed by atoms with Crippen LogP contribution in [0.1, 0.15) is 0 Å². The largest absolute Gasteiger partial charge is 0.389 e. The van der Waals surface area contributed by atoms with Gasteiger partial charge in [0.05, 0.1) is 0 Å². The fourth-order valence-corrected chi connectivity index (χ4v) is 1.52. The number of benzene rings is 1. The highest BCUT2D eigenvalue weighted by atomic mass is 127. The summed E-state index contributed by atoms with van der Waals surface area (Å²) in [5, 5.41) is 10.2. The molecule has 0 bridgehead atoms. The van der Waals surface area contributed by atoms with Gasteiger partial charge < -0.3 is 15.5 Å². The molecule has 0 aliphatic carbocycles. The first kappa shape index (κ1) is 9.25. The molecule has 0 spiro atoms. The van der Waals surface area contributed by atoms with Gasteiger partial charge in [0.2, 0.25) is 0 Å². The fraction of sp³-hybridized carbons (Fsp3) is 0. The van der Waals surface area contributed by atoms with Crippen LogP contribution in [0, 0.1) is 3.57 Å². The number of nitrogens with one attached hydrogen (secondary N) is 1. The molecule has 1 aromatic heterocycles. The van der Waals surface area contributed by atoms with E-state index in [1.54, 1.807) is 0 Å². The first-order chi connectivity index (χ1) is 6.74. The molecule has 0 aliphatic heterocycles. The van der Waals surface area contributed by atoms with Gasteiger partial charge in [-0.3, -0.25) is 0 Å². The van der Waals surface area contributed by atoms with Gasteiger partial charge in [0.25, 0.3) is 0 Å². The molecular formula is C8H7IN4O. The van der Waals surface area contributed by atoms with Crippen LogP contribution in [0.2, 0.25) is 0 Å². The van der Waals surface area contributed by atoms with E-state index in [9.17, 15) is 0 Å². The molecule has 14 heavy (non-hydrogen) atoms. The zero-order chi connectivity index (χ0) is 9.97. The van der Waals surface area contributed by atoms with Crippen LogP contribution in [0.4, 0.5) is 17.7 Å². The van der Waals surface area contributed by atoms with E-state index in [0.29, 0.717) is 6.01 Å². The van der Waals surface area contributed by atoms with E-state index in [4.69, 9.17) is 10.2 Å². The maximum Gasteiger partial charge on any atom is 0.321 e. The minimum atomic E-state index is 0.0538.